The normalized spacial score (nSPS) is 16.0. The van der Waals surface area contributed by atoms with Gasteiger partial charge in [-0.25, -0.2) is 4.98 Å². The molecule has 28 heavy (non-hydrogen) atoms. The van der Waals surface area contributed by atoms with Gasteiger partial charge in [0.1, 0.15) is 18.1 Å². The Morgan fingerprint density at radius 2 is 2.07 bits per heavy atom. The highest BCUT2D eigenvalue weighted by molar-refractivity contribution is 6.31. The highest BCUT2D eigenvalue weighted by Gasteiger charge is 2.19. The largest absolute Gasteiger partial charge is 0.486 e. The third kappa shape index (κ3) is 4.07. The van der Waals surface area contributed by atoms with E-state index in [1.807, 2.05) is 6.07 Å². The lowest BCUT2D eigenvalue weighted by Crippen LogP contribution is -2.36. The van der Waals surface area contributed by atoms with Crippen LogP contribution in [-0.2, 0) is 6.61 Å². The maximum Gasteiger partial charge on any atom is 0.251 e. The first-order chi connectivity index (χ1) is 13.6. The Morgan fingerprint density at radius 3 is 2.86 bits per heavy atom. The third-order valence-corrected chi connectivity index (χ3v) is 5.36. The van der Waals surface area contributed by atoms with Crippen molar-refractivity contribution in [2.75, 3.05) is 16.6 Å². The monoisotopic (exact) mass is 402 g/mol. The van der Waals surface area contributed by atoms with Gasteiger partial charge in [0.2, 0.25) is 0 Å². The number of pyridine rings is 1. The van der Waals surface area contributed by atoms with Gasteiger partial charge in [0.25, 0.3) is 5.91 Å². The maximum absolute atomic E-state index is 12.5. The maximum atomic E-state index is 12.5. The molecule has 1 fully saturated rings. The number of anilines is 3. The number of carbonyl (C=O) groups excluding carboxylic acids is 1. The van der Waals surface area contributed by atoms with Crippen LogP contribution in [0.2, 0.25) is 5.02 Å². The van der Waals surface area contributed by atoms with Crippen LogP contribution in [0.1, 0.15) is 48.0 Å². The van der Waals surface area contributed by atoms with E-state index in [2.05, 4.69) is 26.7 Å². The summed E-state index contributed by atoms with van der Waals surface area (Å²) in [6.45, 7) is 0.237. The van der Waals surface area contributed by atoms with E-state index >= 15 is 0 Å². The summed E-state index contributed by atoms with van der Waals surface area (Å²) in [6.07, 6.45) is 5.68. The Hall–Kier alpha value is -2.71. The molecule has 2 heterocycles. The first-order valence-electron chi connectivity index (χ1n) is 9.40. The van der Waals surface area contributed by atoms with Crippen molar-refractivity contribution in [2.24, 2.45) is 0 Å². The highest BCUT2D eigenvalue weighted by atomic mass is 35.5. The van der Waals surface area contributed by atoms with Gasteiger partial charge in [-0.1, -0.05) is 36.9 Å². The average Bonchev–Trinajstić information content (AvgIpc) is 3.16. The third-order valence-electron chi connectivity index (χ3n) is 5.01. The van der Waals surface area contributed by atoms with Gasteiger partial charge in [-0.05, 0) is 25.0 Å². The molecule has 6 N–H and O–H groups in total. The van der Waals surface area contributed by atoms with Crippen LogP contribution in [0, 0.1) is 0 Å². The minimum atomic E-state index is -0.0812. The lowest BCUT2D eigenvalue weighted by molar-refractivity contribution is 0.0927. The molecular formula is C19H23ClN6O2. The summed E-state index contributed by atoms with van der Waals surface area (Å²) in [5.74, 6) is 1.38. The topological polar surface area (TPSA) is 113 Å². The molecule has 8 nitrogen and oxygen atoms in total. The Labute approximate surface area is 168 Å². The molecule has 1 aliphatic heterocycles. The number of rotatable bonds is 5. The number of ether oxygens (including phenoxy) is 1. The Balaban J connectivity index is 1.42. The van der Waals surface area contributed by atoms with Crippen LogP contribution in [0.15, 0.2) is 24.3 Å². The molecule has 1 aromatic heterocycles. The summed E-state index contributed by atoms with van der Waals surface area (Å²) >= 11 is 6.39. The van der Waals surface area contributed by atoms with Crippen molar-refractivity contribution in [2.45, 2.75) is 44.8 Å². The lowest BCUT2D eigenvalue weighted by atomic mass is 9.95. The van der Waals surface area contributed by atoms with Crippen molar-refractivity contribution in [1.29, 1.82) is 0 Å². The van der Waals surface area contributed by atoms with Crippen LogP contribution in [0.5, 0.6) is 5.75 Å². The number of nitrogen functional groups attached to an aromatic ring is 1. The second-order valence-electron chi connectivity index (χ2n) is 7.05. The van der Waals surface area contributed by atoms with Crippen LogP contribution in [0.3, 0.4) is 0 Å². The molecule has 1 saturated carbocycles. The van der Waals surface area contributed by atoms with Crippen LogP contribution >= 0.6 is 11.6 Å². The fraction of sp³-hybridized carbons (Fsp3) is 0.368. The van der Waals surface area contributed by atoms with E-state index in [1.54, 1.807) is 18.2 Å². The fourth-order valence-electron chi connectivity index (χ4n) is 3.50. The molecule has 0 atom stereocenters. The van der Waals surface area contributed by atoms with E-state index in [0.717, 1.165) is 18.4 Å². The first kappa shape index (κ1) is 18.6. The number of aromatic nitrogens is 1. The van der Waals surface area contributed by atoms with Crippen LogP contribution in [-0.4, -0.2) is 16.9 Å². The SMILES string of the molecule is Nc1cc(OCc2ccc(C(=O)NC3CCCCC3)cc2Cl)c2c(n1)NNN2. The van der Waals surface area contributed by atoms with E-state index in [4.69, 9.17) is 22.1 Å². The predicted molar refractivity (Wildman–Crippen MR) is 109 cm³/mol. The average molecular weight is 403 g/mol. The molecule has 0 unspecified atom stereocenters. The van der Waals surface area contributed by atoms with Gasteiger partial charge in [-0.2, -0.15) is 0 Å². The number of hydrazine groups is 2. The molecule has 1 aromatic carbocycles. The summed E-state index contributed by atoms with van der Waals surface area (Å²) in [5, 5.41) is 3.59. The predicted octanol–water partition coefficient (Wildman–Crippen LogP) is 3.22. The lowest BCUT2D eigenvalue weighted by Gasteiger charge is -2.22. The van der Waals surface area contributed by atoms with Gasteiger partial charge in [0.15, 0.2) is 11.6 Å². The number of carbonyl (C=O) groups is 1. The standard InChI is InChI=1S/C19H23ClN6O2/c20-14-8-11(19(27)22-13-4-2-1-3-5-13)6-7-12(14)10-28-15-9-16(21)23-18-17(15)24-26-25-18/h6-9,13,24,26H,1-5,10H2,(H,22,27)(H3,21,23,25). The van der Waals surface area contributed by atoms with Gasteiger partial charge in [-0.15, -0.1) is 5.53 Å². The molecule has 0 bridgehead atoms. The molecule has 2 aliphatic rings. The molecule has 0 spiro atoms. The van der Waals surface area contributed by atoms with Gasteiger partial charge in [0, 0.05) is 28.3 Å². The quantitative estimate of drug-likeness (QED) is 0.521. The number of halogens is 1. The van der Waals surface area contributed by atoms with Gasteiger partial charge in [-0.3, -0.25) is 15.6 Å². The first-order valence-corrected chi connectivity index (χ1v) is 9.77. The molecule has 4 rings (SSSR count). The number of nitrogens with two attached hydrogens (primary N) is 1. The number of nitrogens with one attached hydrogen (secondary N) is 4. The van der Waals surface area contributed by atoms with Crippen molar-refractivity contribution in [3.05, 3.63) is 40.4 Å². The minimum absolute atomic E-state index is 0.0812. The Bertz CT molecular complexity index is 885. The molecular weight excluding hydrogens is 380 g/mol. The molecule has 0 saturated heterocycles. The molecule has 1 amide bonds. The Kier molecular flexibility index (Phi) is 5.40. The second-order valence-corrected chi connectivity index (χ2v) is 7.45. The van der Waals surface area contributed by atoms with Crippen molar-refractivity contribution >= 4 is 34.8 Å². The number of hydrogen-bond donors (Lipinski definition) is 5. The van der Waals surface area contributed by atoms with Gasteiger partial charge in [0.05, 0.1) is 0 Å². The Morgan fingerprint density at radius 1 is 1.25 bits per heavy atom. The van der Waals surface area contributed by atoms with Crippen LogP contribution in [0.25, 0.3) is 0 Å². The zero-order chi connectivity index (χ0) is 19.5. The van der Waals surface area contributed by atoms with E-state index in [9.17, 15) is 4.79 Å². The second kappa shape index (κ2) is 8.12. The number of hydrogen-bond acceptors (Lipinski definition) is 7. The van der Waals surface area contributed by atoms with E-state index in [-0.39, 0.29) is 18.6 Å². The molecule has 2 aromatic rings. The molecule has 0 radical (unpaired) electrons. The van der Waals surface area contributed by atoms with Crippen molar-refractivity contribution in [3.8, 4) is 5.75 Å². The van der Waals surface area contributed by atoms with Gasteiger partial charge < -0.3 is 15.8 Å². The van der Waals surface area contributed by atoms with Crippen LogP contribution < -0.4 is 32.2 Å². The number of amides is 1. The molecule has 9 heteroatoms. The summed E-state index contributed by atoms with van der Waals surface area (Å²) in [6, 6.07) is 7.17. The number of benzene rings is 1. The molecule has 148 valence electrons. The van der Waals surface area contributed by atoms with E-state index < -0.39 is 0 Å². The van der Waals surface area contributed by atoms with Crippen molar-refractivity contribution in [3.63, 3.8) is 0 Å². The zero-order valence-electron chi connectivity index (χ0n) is 15.3. The van der Waals surface area contributed by atoms with E-state index in [1.165, 1.54) is 19.3 Å². The summed E-state index contributed by atoms with van der Waals surface area (Å²) < 4.78 is 5.87. The highest BCUT2D eigenvalue weighted by Crippen LogP contribution is 2.35. The van der Waals surface area contributed by atoms with Gasteiger partial charge >= 0.3 is 0 Å². The number of nitrogens with zero attached hydrogens (tertiary/aromatic N) is 1. The zero-order valence-corrected chi connectivity index (χ0v) is 16.1. The molecule has 1 aliphatic carbocycles. The smallest absolute Gasteiger partial charge is 0.251 e. The van der Waals surface area contributed by atoms with Crippen LogP contribution in [0.4, 0.5) is 17.3 Å². The summed E-state index contributed by atoms with van der Waals surface area (Å²) in [4.78, 5) is 16.6. The van der Waals surface area contributed by atoms with E-state index in [0.29, 0.717) is 33.7 Å². The van der Waals surface area contributed by atoms with Crippen molar-refractivity contribution in [1.82, 2.24) is 15.8 Å². The number of fused-ring (bicyclic) bond motifs is 1. The summed E-state index contributed by atoms with van der Waals surface area (Å²) in [5.41, 5.74) is 16.3. The fourth-order valence-corrected chi connectivity index (χ4v) is 3.73. The summed E-state index contributed by atoms with van der Waals surface area (Å²) in [7, 11) is 0. The van der Waals surface area contributed by atoms with Crippen molar-refractivity contribution < 1.29 is 9.53 Å². The minimum Gasteiger partial charge on any atom is -0.486 e.